The first-order valence-corrected chi connectivity index (χ1v) is 10.5. The van der Waals surface area contributed by atoms with Crippen LogP contribution in [-0.4, -0.2) is 57.2 Å². The molecule has 30 heavy (non-hydrogen) atoms. The van der Waals surface area contributed by atoms with Gasteiger partial charge in [-0.15, -0.1) is 16.4 Å². The third kappa shape index (κ3) is 4.55. The van der Waals surface area contributed by atoms with Crippen LogP contribution < -0.4 is 11.1 Å². The number of hydrogen-bond donors (Lipinski definition) is 2. The summed E-state index contributed by atoms with van der Waals surface area (Å²) in [4.78, 5) is 31.1. The van der Waals surface area contributed by atoms with Crippen LogP contribution in [0.3, 0.4) is 0 Å². The molecule has 1 aliphatic rings. The molecule has 1 aliphatic heterocycles. The van der Waals surface area contributed by atoms with Gasteiger partial charge in [-0.1, -0.05) is 6.07 Å². The molecule has 1 fully saturated rings. The number of carbonyl (C=O) groups is 2. The molecule has 10 heteroatoms. The van der Waals surface area contributed by atoms with Gasteiger partial charge in [0.15, 0.2) is 5.82 Å². The first kappa shape index (κ1) is 20.2. The summed E-state index contributed by atoms with van der Waals surface area (Å²) in [6.07, 6.45) is 1.44. The van der Waals surface area contributed by atoms with Gasteiger partial charge in [-0.2, -0.15) is 0 Å². The molecule has 0 atom stereocenters. The lowest BCUT2D eigenvalue weighted by molar-refractivity contribution is -0.119. The zero-order valence-corrected chi connectivity index (χ0v) is 16.9. The molecule has 0 unspecified atom stereocenters. The molecule has 2 amide bonds. The third-order valence-corrected chi connectivity index (χ3v) is 5.79. The molecule has 8 nitrogen and oxygen atoms in total. The summed E-state index contributed by atoms with van der Waals surface area (Å²) in [5, 5.41) is 9.29. The Kier molecular flexibility index (Phi) is 5.86. The summed E-state index contributed by atoms with van der Waals surface area (Å²) >= 11 is 1.48. The van der Waals surface area contributed by atoms with Crippen molar-refractivity contribution in [1.82, 2.24) is 25.0 Å². The molecule has 3 aromatic rings. The van der Waals surface area contributed by atoms with E-state index in [2.05, 4.69) is 15.4 Å². The van der Waals surface area contributed by atoms with Gasteiger partial charge in [0, 0.05) is 19.1 Å². The summed E-state index contributed by atoms with van der Waals surface area (Å²) < 4.78 is 14.9. The minimum Gasteiger partial charge on any atom is -0.369 e. The fourth-order valence-electron chi connectivity index (χ4n) is 3.44. The van der Waals surface area contributed by atoms with Crippen molar-refractivity contribution in [2.75, 3.05) is 19.6 Å². The van der Waals surface area contributed by atoms with Crippen LogP contribution in [0.2, 0.25) is 0 Å². The lowest BCUT2D eigenvalue weighted by Crippen LogP contribution is -2.46. The number of nitrogens with two attached hydrogens (primary N) is 1. The second-order valence-electron chi connectivity index (χ2n) is 7.11. The Labute approximate surface area is 176 Å². The number of halogens is 1. The molecule has 1 saturated heterocycles. The Morgan fingerprint density at radius 3 is 2.57 bits per heavy atom. The maximum atomic E-state index is 13.3. The zero-order chi connectivity index (χ0) is 21.1. The molecule has 4 rings (SSSR count). The largest absolute Gasteiger partial charge is 0.369 e. The molecule has 0 bridgehead atoms. The summed E-state index contributed by atoms with van der Waals surface area (Å²) in [6.45, 7) is 1.60. The molecule has 0 saturated carbocycles. The second-order valence-corrected chi connectivity index (χ2v) is 8.06. The Balaban J connectivity index is 1.51. The third-order valence-electron chi connectivity index (χ3n) is 4.93. The lowest BCUT2D eigenvalue weighted by Gasteiger charge is -2.31. The number of thiophene rings is 1. The number of carbonyl (C=O) groups excluding carboxylic acids is 2. The molecule has 0 radical (unpaired) electrons. The van der Waals surface area contributed by atoms with Crippen LogP contribution in [0, 0.1) is 5.82 Å². The maximum Gasteiger partial charge on any atom is 0.291 e. The average molecular weight is 428 g/mol. The highest BCUT2D eigenvalue weighted by atomic mass is 32.1. The number of piperidine rings is 1. The van der Waals surface area contributed by atoms with Crippen molar-refractivity contribution >= 4 is 23.2 Å². The van der Waals surface area contributed by atoms with Crippen molar-refractivity contribution < 1.29 is 14.0 Å². The van der Waals surface area contributed by atoms with Gasteiger partial charge in [0.25, 0.3) is 5.91 Å². The van der Waals surface area contributed by atoms with Gasteiger partial charge < -0.3 is 11.1 Å². The molecular formula is C20H21FN6O2S. The van der Waals surface area contributed by atoms with Gasteiger partial charge in [-0.25, -0.2) is 14.1 Å². The van der Waals surface area contributed by atoms with E-state index < -0.39 is 0 Å². The van der Waals surface area contributed by atoms with Crippen molar-refractivity contribution in [3.05, 3.63) is 53.4 Å². The highest BCUT2D eigenvalue weighted by Gasteiger charge is 2.25. The summed E-state index contributed by atoms with van der Waals surface area (Å²) in [5.74, 6) is -0.478. The van der Waals surface area contributed by atoms with Crippen LogP contribution in [0.5, 0.6) is 0 Å². The first-order valence-electron chi connectivity index (χ1n) is 9.58. The van der Waals surface area contributed by atoms with E-state index in [1.54, 1.807) is 16.8 Å². The van der Waals surface area contributed by atoms with Crippen molar-refractivity contribution in [1.29, 1.82) is 0 Å². The molecule has 3 heterocycles. The SMILES string of the molecule is NC(=O)CN1CCC(NC(=O)c2nc(-c3cccs3)n(-c3ccc(F)cc3)n2)CC1. The predicted molar refractivity (Wildman–Crippen MR) is 111 cm³/mol. The van der Waals surface area contributed by atoms with Crippen molar-refractivity contribution in [2.45, 2.75) is 18.9 Å². The van der Waals surface area contributed by atoms with Crippen LogP contribution in [0.1, 0.15) is 23.5 Å². The standard InChI is InChI=1S/C20H21FN6O2S/c21-13-3-5-15(6-4-13)27-19(16-2-1-11-30-16)24-18(25-27)20(29)23-14-7-9-26(10-8-14)12-17(22)28/h1-6,11,14H,7-10,12H2,(H2,22,28)(H,23,29). The van der Waals surface area contributed by atoms with E-state index in [-0.39, 0.29) is 36.0 Å². The lowest BCUT2D eigenvalue weighted by atomic mass is 10.1. The predicted octanol–water partition coefficient (Wildman–Crippen LogP) is 1.81. The minimum atomic E-state index is -0.359. The number of benzene rings is 1. The summed E-state index contributed by atoms with van der Waals surface area (Å²) in [5.41, 5.74) is 5.86. The molecule has 2 aromatic heterocycles. The Bertz CT molecular complexity index is 1030. The van der Waals surface area contributed by atoms with Gasteiger partial charge in [-0.3, -0.25) is 14.5 Å². The number of rotatable bonds is 6. The smallest absolute Gasteiger partial charge is 0.291 e. The van der Waals surface area contributed by atoms with E-state index >= 15 is 0 Å². The highest BCUT2D eigenvalue weighted by Crippen LogP contribution is 2.25. The molecule has 3 N–H and O–H groups in total. The fraction of sp³-hybridized carbons (Fsp3) is 0.300. The topological polar surface area (TPSA) is 106 Å². The van der Waals surface area contributed by atoms with Gasteiger partial charge in [0.1, 0.15) is 5.82 Å². The van der Waals surface area contributed by atoms with E-state index in [1.807, 2.05) is 22.4 Å². The van der Waals surface area contributed by atoms with Crippen LogP contribution in [0.25, 0.3) is 16.4 Å². The maximum absolute atomic E-state index is 13.3. The first-order chi connectivity index (χ1) is 14.5. The van der Waals surface area contributed by atoms with Crippen LogP contribution in [0.4, 0.5) is 4.39 Å². The van der Waals surface area contributed by atoms with E-state index in [0.29, 0.717) is 24.6 Å². The van der Waals surface area contributed by atoms with E-state index in [4.69, 9.17) is 5.73 Å². The minimum absolute atomic E-state index is 0.0235. The zero-order valence-electron chi connectivity index (χ0n) is 16.1. The molecular weight excluding hydrogens is 407 g/mol. The number of hydrogen-bond acceptors (Lipinski definition) is 6. The summed E-state index contributed by atoms with van der Waals surface area (Å²) in [6, 6.07) is 9.64. The number of amides is 2. The summed E-state index contributed by atoms with van der Waals surface area (Å²) in [7, 11) is 0. The molecule has 0 aliphatic carbocycles. The van der Waals surface area contributed by atoms with Gasteiger partial charge >= 0.3 is 0 Å². The van der Waals surface area contributed by atoms with Gasteiger partial charge in [0.2, 0.25) is 11.7 Å². The normalized spacial score (nSPS) is 15.2. The Morgan fingerprint density at radius 1 is 1.20 bits per heavy atom. The number of likely N-dealkylation sites (tertiary alicyclic amines) is 1. The quantitative estimate of drug-likeness (QED) is 0.623. The van der Waals surface area contributed by atoms with E-state index in [9.17, 15) is 14.0 Å². The number of nitrogens with zero attached hydrogens (tertiary/aromatic N) is 4. The second kappa shape index (κ2) is 8.72. The Hall–Kier alpha value is -3.11. The van der Waals surface area contributed by atoms with Crippen LogP contribution in [-0.2, 0) is 4.79 Å². The molecule has 0 spiro atoms. The fourth-order valence-corrected chi connectivity index (χ4v) is 4.14. The number of aromatic nitrogens is 3. The van der Waals surface area contributed by atoms with E-state index in [0.717, 1.165) is 17.7 Å². The number of primary amides is 1. The average Bonchev–Trinajstić information content (AvgIpc) is 3.39. The van der Waals surface area contributed by atoms with Gasteiger partial charge in [0.05, 0.1) is 17.1 Å². The van der Waals surface area contributed by atoms with Gasteiger partial charge in [-0.05, 0) is 48.6 Å². The highest BCUT2D eigenvalue weighted by molar-refractivity contribution is 7.13. The Morgan fingerprint density at radius 2 is 1.93 bits per heavy atom. The van der Waals surface area contributed by atoms with Crippen molar-refractivity contribution in [3.8, 4) is 16.4 Å². The van der Waals surface area contributed by atoms with Crippen LogP contribution in [0.15, 0.2) is 41.8 Å². The molecule has 1 aromatic carbocycles. The van der Waals surface area contributed by atoms with Crippen LogP contribution >= 0.6 is 11.3 Å². The van der Waals surface area contributed by atoms with Crippen molar-refractivity contribution in [2.24, 2.45) is 5.73 Å². The van der Waals surface area contributed by atoms with E-state index in [1.165, 1.54) is 23.5 Å². The molecule has 156 valence electrons. The number of nitrogens with one attached hydrogen (secondary N) is 1. The monoisotopic (exact) mass is 428 g/mol. The van der Waals surface area contributed by atoms with Crippen molar-refractivity contribution in [3.63, 3.8) is 0 Å².